The third-order valence-corrected chi connectivity index (χ3v) is 7.19. The van der Waals surface area contributed by atoms with Gasteiger partial charge in [0.05, 0.1) is 25.2 Å². The number of aryl methyl sites for hydroxylation is 1. The molecule has 0 saturated carbocycles. The molecule has 0 unspecified atom stereocenters. The predicted molar refractivity (Wildman–Crippen MR) is 134 cm³/mol. The van der Waals surface area contributed by atoms with E-state index in [2.05, 4.69) is 27.8 Å². The molecule has 1 amide bonds. The van der Waals surface area contributed by atoms with Crippen molar-refractivity contribution in [2.75, 3.05) is 11.1 Å². The molecule has 0 spiro atoms. The van der Waals surface area contributed by atoms with E-state index in [9.17, 15) is 14.7 Å². The minimum Gasteiger partial charge on any atom is -0.481 e. The molecule has 196 valence electrons. The zero-order chi connectivity index (χ0) is 26.4. The number of carboxylic acid groups (broad SMARTS) is 1. The van der Waals surface area contributed by atoms with Crippen molar-refractivity contribution in [3.63, 3.8) is 0 Å². The lowest BCUT2D eigenvalue weighted by atomic mass is 9.91. The highest BCUT2D eigenvalue weighted by Crippen LogP contribution is 2.43. The monoisotopic (exact) mass is 527 g/mol. The predicted octanol–water partition coefficient (Wildman–Crippen LogP) is 3.09. The Morgan fingerprint density at radius 2 is 1.89 bits per heavy atom. The summed E-state index contributed by atoms with van der Waals surface area (Å²) in [4.78, 5) is 22.9. The van der Waals surface area contributed by atoms with Gasteiger partial charge in [0.25, 0.3) is 0 Å². The summed E-state index contributed by atoms with van der Waals surface area (Å²) in [6.07, 6.45) is -1.57. The average molecular weight is 528 g/mol. The van der Waals surface area contributed by atoms with Gasteiger partial charge in [0.1, 0.15) is 0 Å². The van der Waals surface area contributed by atoms with Crippen molar-refractivity contribution in [1.82, 2.24) is 20.2 Å². The Morgan fingerprint density at radius 1 is 1.11 bits per heavy atom. The van der Waals surface area contributed by atoms with E-state index in [-0.39, 0.29) is 43.5 Å². The number of carbonyl (C=O) groups excluding carboxylic acids is 1. The Labute approximate surface area is 218 Å². The summed E-state index contributed by atoms with van der Waals surface area (Å²) in [6, 6.07) is 14.8. The Balaban J connectivity index is 1.55. The third kappa shape index (κ3) is 6.92. The molecule has 4 rings (SSSR count). The van der Waals surface area contributed by atoms with Crippen molar-refractivity contribution < 1.29 is 29.3 Å². The number of carbonyl (C=O) groups is 2. The Morgan fingerprint density at radius 3 is 2.57 bits per heavy atom. The molecule has 3 N–H and O–H groups in total. The molecule has 37 heavy (non-hydrogen) atoms. The van der Waals surface area contributed by atoms with Gasteiger partial charge in [-0.3, -0.25) is 9.59 Å². The Kier molecular flexibility index (Phi) is 8.87. The molecule has 1 fully saturated rings. The van der Waals surface area contributed by atoms with Gasteiger partial charge in [-0.05, 0) is 33.7 Å². The Hall–Kier alpha value is -3.32. The molecule has 0 aliphatic carbocycles. The van der Waals surface area contributed by atoms with Gasteiger partial charge in [0.15, 0.2) is 6.29 Å². The standard InChI is InChI=1S/C25H29N5O6S/c1-15-20(14-37-25-27-28-29-30(25)2)35-24(36-23(15)17-8-6-16(13-31)7-9-17)18-4-3-5-19(12-18)26-21(32)10-11-22(33)34/h3-9,12,15,20,23-24,31H,10-11,13-14H2,1-2H3,(H,26,32)(H,33,34)/t15-,20+,23+,24+/m0/s1. The topological polar surface area (TPSA) is 149 Å². The average Bonchev–Trinajstić information content (AvgIpc) is 3.31. The molecule has 0 bridgehead atoms. The van der Waals surface area contributed by atoms with Crippen LogP contribution in [0, 0.1) is 5.92 Å². The molecule has 0 radical (unpaired) electrons. The zero-order valence-corrected chi connectivity index (χ0v) is 21.3. The largest absolute Gasteiger partial charge is 0.481 e. The van der Waals surface area contributed by atoms with Crippen LogP contribution >= 0.6 is 11.8 Å². The number of benzene rings is 2. The van der Waals surface area contributed by atoms with Crippen LogP contribution in [0.15, 0.2) is 53.7 Å². The van der Waals surface area contributed by atoms with E-state index in [1.54, 1.807) is 29.9 Å². The summed E-state index contributed by atoms with van der Waals surface area (Å²) in [6.45, 7) is 2.03. The van der Waals surface area contributed by atoms with Crippen LogP contribution in [0.5, 0.6) is 0 Å². The van der Waals surface area contributed by atoms with Crippen molar-refractivity contribution in [3.05, 3.63) is 65.2 Å². The maximum atomic E-state index is 12.1. The van der Waals surface area contributed by atoms with Crippen molar-refractivity contribution in [2.45, 2.75) is 50.0 Å². The number of anilines is 1. The van der Waals surface area contributed by atoms with Crippen LogP contribution in [0.4, 0.5) is 5.69 Å². The summed E-state index contributed by atoms with van der Waals surface area (Å²) >= 11 is 1.49. The first-order valence-corrected chi connectivity index (χ1v) is 12.8. The first-order chi connectivity index (χ1) is 17.8. The maximum Gasteiger partial charge on any atom is 0.303 e. The zero-order valence-electron chi connectivity index (χ0n) is 20.5. The quantitative estimate of drug-likeness (QED) is 0.336. The fourth-order valence-corrected chi connectivity index (χ4v) is 5.03. The second-order valence-corrected chi connectivity index (χ2v) is 9.77. The normalized spacial score (nSPS) is 21.5. The molecular weight excluding hydrogens is 498 g/mol. The summed E-state index contributed by atoms with van der Waals surface area (Å²) < 4.78 is 14.5. The van der Waals surface area contributed by atoms with E-state index in [0.29, 0.717) is 16.6 Å². The number of thioether (sulfide) groups is 1. The molecular formula is C25H29N5O6S. The van der Waals surface area contributed by atoms with Gasteiger partial charge in [-0.15, -0.1) is 5.10 Å². The second kappa shape index (κ2) is 12.3. The second-order valence-electron chi connectivity index (χ2n) is 8.79. The number of nitrogens with one attached hydrogen (secondary N) is 1. The van der Waals surface area contributed by atoms with E-state index >= 15 is 0 Å². The van der Waals surface area contributed by atoms with Crippen molar-refractivity contribution in [1.29, 1.82) is 0 Å². The van der Waals surface area contributed by atoms with Crippen LogP contribution in [0.3, 0.4) is 0 Å². The first-order valence-electron chi connectivity index (χ1n) is 11.8. The third-order valence-electron chi connectivity index (χ3n) is 6.09. The van der Waals surface area contributed by atoms with Gasteiger partial charge < -0.3 is 25.0 Å². The van der Waals surface area contributed by atoms with Crippen LogP contribution in [-0.4, -0.2) is 54.2 Å². The first kappa shape index (κ1) is 26.7. The van der Waals surface area contributed by atoms with Crippen LogP contribution in [-0.2, 0) is 32.7 Å². The fourth-order valence-electron chi connectivity index (χ4n) is 4.02. The van der Waals surface area contributed by atoms with E-state index in [4.69, 9.17) is 14.6 Å². The van der Waals surface area contributed by atoms with E-state index < -0.39 is 12.3 Å². The number of nitrogens with zero attached hydrogens (tertiary/aromatic N) is 4. The van der Waals surface area contributed by atoms with Crippen molar-refractivity contribution in [2.24, 2.45) is 13.0 Å². The molecule has 4 atom stereocenters. The summed E-state index contributed by atoms with van der Waals surface area (Å²) in [5, 5.41) is 33.3. The molecule has 11 nitrogen and oxygen atoms in total. The molecule has 2 heterocycles. The number of amides is 1. The number of aliphatic hydroxyl groups is 1. The number of hydrogen-bond acceptors (Lipinski definition) is 9. The van der Waals surface area contributed by atoms with E-state index in [1.165, 1.54) is 11.8 Å². The molecule has 1 aliphatic heterocycles. The SMILES string of the molecule is C[C@H]1[C@@H](CSc2nnnn2C)O[C@@H](c2cccc(NC(=O)CCC(=O)O)c2)O[C@H]1c1ccc(CO)cc1. The molecule has 1 aromatic heterocycles. The number of rotatable bonds is 10. The smallest absolute Gasteiger partial charge is 0.303 e. The van der Waals surface area contributed by atoms with Gasteiger partial charge in [-0.2, -0.15) is 0 Å². The highest BCUT2D eigenvalue weighted by Gasteiger charge is 2.38. The van der Waals surface area contributed by atoms with Crippen LogP contribution < -0.4 is 5.32 Å². The summed E-state index contributed by atoms with van der Waals surface area (Å²) in [5.74, 6) is -0.830. The lowest BCUT2D eigenvalue weighted by Crippen LogP contribution is -2.38. The van der Waals surface area contributed by atoms with E-state index in [0.717, 1.165) is 16.7 Å². The van der Waals surface area contributed by atoms with Crippen molar-refractivity contribution in [3.8, 4) is 0 Å². The number of hydrogen-bond donors (Lipinski definition) is 3. The van der Waals surface area contributed by atoms with Gasteiger partial charge in [0.2, 0.25) is 11.1 Å². The number of ether oxygens (including phenoxy) is 2. The Bertz CT molecular complexity index is 1220. The molecule has 1 saturated heterocycles. The van der Waals surface area contributed by atoms with Crippen LogP contribution in [0.1, 0.15) is 48.8 Å². The number of carboxylic acids is 1. The summed E-state index contributed by atoms with van der Waals surface area (Å²) in [7, 11) is 1.78. The summed E-state index contributed by atoms with van der Waals surface area (Å²) in [5.41, 5.74) is 3.02. The molecule has 1 aliphatic rings. The molecule has 12 heteroatoms. The lowest BCUT2D eigenvalue weighted by molar-refractivity contribution is -0.268. The molecule has 3 aromatic rings. The number of aliphatic carboxylic acids is 1. The van der Waals surface area contributed by atoms with Crippen molar-refractivity contribution >= 4 is 29.3 Å². The minimum atomic E-state index is -1.03. The highest BCUT2D eigenvalue weighted by atomic mass is 32.2. The van der Waals surface area contributed by atoms with Gasteiger partial charge in [-0.1, -0.05) is 55.1 Å². The lowest BCUT2D eigenvalue weighted by Gasteiger charge is -2.41. The number of tetrazole rings is 1. The van der Waals surface area contributed by atoms with Crippen LogP contribution in [0.2, 0.25) is 0 Å². The maximum absolute atomic E-state index is 12.1. The van der Waals surface area contributed by atoms with Gasteiger partial charge in [-0.25, -0.2) is 4.68 Å². The highest BCUT2D eigenvalue weighted by molar-refractivity contribution is 7.99. The van der Waals surface area contributed by atoms with Gasteiger partial charge in [0, 0.05) is 36.4 Å². The molecule has 2 aromatic carbocycles. The number of aliphatic hydroxyl groups excluding tert-OH is 1. The fraction of sp³-hybridized carbons (Fsp3) is 0.400. The minimum absolute atomic E-state index is 0.0104. The van der Waals surface area contributed by atoms with E-state index in [1.807, 2.05) is 30.3 Å². The number of aromatic nitrogens is 4. The van der Waals surface area contributed by atoms with Gasteiger partial charge >= 0.3 is 5.97 Å². The van der Waals surface area contributed by atoms with Crippen LogP contribution in [0.25, 0.3) is 0 Å².